The number of para-hydroxylation sites is 2. The highest BCUT2D eigenvalue weighted by molar-refractivity contribution is 5.94. The van der Waals surface area contributed by atoms with E-state index in [1.165, 1.54) is 12.8 Å². The molecule has 136 valence electrons. The highest BCUT2D eigenvalue weighted by atomic mass is 16.6. The number of carbonyl (C=O) groups excluding carboxylic acids is 1. The van der Waals surface area contributed by atoms with Crippen molar-refractivity contribution in [3.05, 3.63) is 48.2 Å². The molecule has 0 saturated carbocycles. The number of carbonyl (C=O) groups is 1. The van der Waals surface area contributed by atoms with Gasteiger partial charge in [0.2, 0.25) is 0 Å². The Balaban J connectivity index is 1.37. The van der Waals surface area contributed by atoms with Crippen LogP contribution in [0.1, 0.15) is 23.2 Å². The first-order chi connectivity index (χ1) is 12.7. The lowest BCUT2D eigenvalue weighted by atomic mass is 10.2. The van der Waals surface area contributed by atoms with Crippen molar-refractivity contribution in [2.24, 2.45) is 0 Å². The molecular formula is C20H23N3O3. The zero-order chi connectivity index (χ0) is 17.9. The first kappa shape index (κ1) is 16.7. The third-order valence-electron chi connectivity index (χ3n) is 4.82. The third kappa shape index (κ3) is 3.45. The Morgan fingerprint density at radius 3 is 2.69 bits per heavy atom. The van der Waals surface area contributed by atoms with Gasteiger partial charge in [-0.05, 0) is 37.1 Å². The molecule has 0 bridgehead atoms. The number of rotatable bonds is 4. The van der Waals surface area contributed by atoms with Gasteiger partial charge in [-0.25, -0.2) is 4.98 Å². The van der Waals surface area contributed by atoms with Gasteiger partial charge in [-0.2, -0.15) is 0 Å². The fourth-order valence-corrected chi connectivity index (χ4v) is 3.41. The first-order valence-corrected chi connectivity index (χ1v) is 9.05. The molecule has 26 heavy (non-hydrogen) atoms. The Kier molecular flexibility index (Phi) is 4.65. The average Bonchev–Trinajstić information content (AvgIpc) is 3.22. The Hall–Kier alpha value is -2.76. The number of hydrogen-bond donors (Lipinski definition) is 0. The average molecular weight is 353 g/mol. The normalized spacial score (nSPS) is 18.7. The maximum atomic E-state index is 12.7. The van der Waals surface area contributed by atoms with Crippen molar-refractivity contribution < 1.29 is 14.3 Å². The number of likely N-dealkylation sites (N-methyl/N-ethyl adjacent to an activating group) is 1. The number of pyridine rings is 1. The van der Waals surface area contributed by atoms with E-state index in [9.17, 15) is 4.79 Å². The minimum Gasteiger partial charge on any atom is -0.486 e. The molecule has 0 aliphatic carbocycles. The van der Waals surface area contributed by atoms with E-state index < -0.39 is 0 Å². The van der Waals surface area contributed by atoms with E-state index in [4.69, 9.17) is 9.47 Å². The number of nitrogens with zero attached hydrogens (tertiary/aromatic N) is 3. The molecule has 6 nitrogen and oxygen atoms in total. The van der Waals surface area contributed by atoms with E-state index in [1.54, 1.807) is 18.1 Å². The van der Waals surface area contributed by atoms with Gasteiger partial charge in [0.05, 0.1) is 12.1 Å². The molecule has 3 heterocycles. The summed E-state index contributed by atoms with van der Waals surface area (Å²) in [5, 5.41) is 0. The van der Waals surface area contributed by atoms with Crippen LogP contribution in [0.15, 0.2) is 42.6 Å². The molecule has 6 heteroatoms. The number of hydrogen-bond acceptors (Lipinski definition) is 5. The molecule has 1 aromatic carbocycles. The van der Waals surface area contributed by atoms with Crippen LogP contribution in [-0.4, -0.2) is 55.2 Å². The van der Waals surface area contributed by atoms with Crippen molar-refractivity contribution in [3.8, 4) is 11.5 Å². The van der Waals surface area contributed by atoms with Crippen LogP contribution in [0.2, 0.25) is 0 Å². The van der Waals surface area contributed by atoms with E-state index >= 15 is 0 Å². The maximum Gasteiger partial charge on any atom is 0.255 e. The summed E-state index contributed by atoms with van der Waals surface area (Å²) < 4.78 is 11.6. The minimum absolute atomic E-state index is 0.0621. The standard InChI is InChI=1S/C20H23N3O3/c1-22(13-16-14-25-17-6-2-3-7-18(17)26-16)20(24)15-8-9-19(21-12-15)23-10-4-5-11-23/h2-3,6-9,12,16H,4-5,10-11,13-14H2,1H3. The van der Waals surface area contributed by atoms with Crippen LogP contribution in [0.3, 0.4) is 0 Å². The Bertz CT molecular complexity index is 772. The van der Waals surface area contributed by atoms with Crippen molar-refractivity contribution in [1.82, 2.24) is 9.88 Å². The summed E-state index contributed by atoms with van der Waals surface area (Å²) >= 11 is 0. The number of fused-ring (bicyclic) bond motifs is 1. The quantitative estimate of drug-likeness (QED) is 0.846. The molecule has 1 atom stereocenters. The summed E-state index contributed by atoms with van der Waals surface area (Å²) in [6.07, 6.45) is 3.89. The Morgan fingerprint density at radius 1 is 1.19 bits per heavy atom. The molecule has 1 amide bonds. The van der Waals surface area contributed by atoms with Crippen LogP contribution >= 0.6 is 0 Å². The number of benzene rings is 1. The van der Waals surface area contributed by atoms with Crippen molar-refractivity contribution in [2.45, 2.75) is 18.9 Å². The Labute approximate surface area is 153 Å². The van der Waals surface area contributed by atoms with Crippen molar-refractivity contribution in [1.29, 1.82) is 0 Å². The van der Waals surface area contributed by atoms with Gasteiger partial charge in [0.1, 0.15) is 12.4 Å². The second-order valence-electron chi connectivity index (χ2n) is 6.78. The molecule has 0 N–H and O–H groups in total. The predicted octanol–water partition coefficient (Wildman–Crippen LogP) is 2.59. The second kappa shape index (κ2) is 7.23. The van der Waals surface area contributed by atoms with Crippen molar-refractivity contribution in [3.63, 3.8) is 0 Å². The van der Waals surface area contributed by atoms with Gasteiger partial charge in [-0.3, -0.25) is 4.79 Å². The third-order valence-corrected chi connectivity index (χ3v) is 4.82. The fourth-order valence-electron chi connectivity index (χ4n) is 3.41. The summed E-state index contributed by atoms with van der Waals surface area (Å²) in [5.41, 5.74) is 0.590. The summed E-state index contributed by atoms with van der Waals surface area (Å²) in [7, 11) is 1.78. The van der Waals surface area contributed by atoms with Crippen LogP contribution < -0.4 is 14.4 Å². The summed E-state index contributed by atoms with van der Waals surface area (Å²) in [5.74, 6) is 2.36. The molecular weight excluding hydrogens is 330 g/mol. The van der Waals surface area contributed by atoms with Crippen molar-refractivity contribution >= 4 is 11.7 Å². The molecule has 1 saturated heterocycles. The number of anilines is 1. The summed E-state index contributed by atoms with van der Waals surface area (Å²) in [6.45, 7) is 2.98. The monoisotopic (exact) mass is 353 g/mol. The van der Waals surface area contributed by atoms with E-state index in [1.807, 2.05) is 36.4 Å². The van der Waals surface area contributed by atoms with E-state index in [-0.39, 0.29) is 12.0 Å². The molecule has 4 rings (SSSR count). The Morgan fingerprint density at radius 2 is 1.96 bits per heavy atom. The van der Waals surface area contributed by atoms with Crippen LogP contribution in [0.25, 0.3) is 0 Å². The SMILES string of the molecule is CN(CC1COc2ccccc2O1)C(=O)c1ccc(N2CCCC2)nc1. The van der Waals surface area contributed by atoms with Gasteiger partial charge in [0.15, 0.2) is 17.6 Å². The molecule has 0 radical (unpaired) electrons. The van der Waals surface area contributed by atoms with E-state index in [2.05, 4.69) is 9.88 Å². The molecule has 2 aliphatic rings. The van der Waals surface area contributed by atoms with Gasteiger partial charge in [0.25, 0.3) is 5.91 Å². The molecule has 1 unspecified atom stereocenters. The zero-order valence-corrected chi connectivity index (χ0v) is 14.9. The van der Waals surface area contributed by atoms with Gasteiger partial charge < -0.3 is 19.3 Å². The van der Waals surface area contributed by atoms with Crippen LogP contribution in [0, 0.1) is 0 Å². The highest BCUT2D eigenvalue weighted by Gasteiger charge is 2.24. The van der Waals surface area contributed by atoms with E-state index in [0.717, 1.165) is 30.4 Å². The van der Waals surface area contributed by atoms with Crippen molar-refractivity contribution in [2.75, 3.05) is 38.2 Å². The molecule has 1 aromatic heterocycles. The lowest BCUT2D eigenvalue weighted by molar-refractivity contribution is 0.0520. The molecule has 0 spiro atoms. The maximum absolute atomic E-state index is 12.7. The molecule has 2 aromatic rings. The summed E-state index contributed by atoms with van der Waals surface area (Å²) in [4.78, 5) is 21.0. The van der Waals surface area contributed by atoms with Crippen LogP contribution in [-0.2, 0) is 0 Å². The van der Waals surface area contributed by atoms with Gasteiger partial charge in [-0.1, -0.05) is 12.1 Å². The lowest BCUT2D eigenvalue weighted by Crippen LogP contribution is -2.41. The van der Waals surface area contributed by atoms with Crippen LogP contribution in [0.5, 0.6) is 11.5 Å². The zero-order valence-electron chi connectivity index (χ0n) is 14.9. The lowest BCUT2D eigenvalue weighted by Gasteiger charge is -2.29. The number of ether oxygens (including phenoxy) is 2. The van der Waals surface area contributed by atoms with Crippen LogP contribution in [0.4, 0.5) is 5.82 Å². The van der Waals surface area contributed by atoms with Gasteiger partial charge >= 0.3 is 0 Å². The topological polar surface area (TPSA) is 54.9 Å². The number of aromatic nitrogens is 1. The number of amides is 1. The molecule has 1 fully saturated rings. The smallest absolute Gasteiger partial charge is 0.255 e. The highest BCUT2D eigenvalue weighted by Crippen LogP contribution is 2.31. The largest absolute Gasteiger partial charge is 0.486 e. The van der Waals surface area contributed by atoms with Gasteiger partial charge in [0, 0.05) is 26.3 Å². The first-order valence-electron chi connectivity index (χ1n) is 9.05. The predicted molar refractivity (Wildman–Crippen MR) is 99.0 cm³/mol. The molecule has 2 aliphatic heterocycles. The van der Waals surface area contributed by atoms with E-state index in [0.29, 0.717) is 18.7 Å². The fraction of sp³-hybridized carbons (Fsp3) is 0.400. The van der Waals surface area contributed by atoms with Gasteiger partial charge in [-0.15, -0.1) is 0 Å². The minimum atomic E-state index is -0.185. The second-order valence-corrected chi connectivity index (χ2v) is 6.78. The summed E-state index contributed by atoms with van der Waals surface area (Å²) in [6, 6.07) is 11.4.